The number of benzene rings is 6. The van der Waals surface area contributed by atoms with E-state index in [-0.39, 0.29) is 0 Å². The SMILES string of the molecule is CCCCCCCCCCCc1ccc(-c2c(CCCCCCCCC)c(-c3ccccc3)c(-c3ccc(CCCCCCCCCCC)cc3)c(-c3ccccc3)c2-c2ccccc2)cc1. The number of aryl methyl sites for hydroxylation is 2. The third kappa shape index (κ3) is 16.5. The summed E-state index contributed by atoms with van der Waals surface area (Å²) in [4.78, 5) is 0. The van der Waals surface area contributed by atoms with Gasteiger partial charge >= 0.3 is 0 Å². The Balaban J connectivity index is 1.43. The van der Waals surface area contributed by atoms with Gasteiger partial charge in [0.2, 0.25) is 0 Å². The summed E-state index contributed by atoms with van der Waals surface area (Å²) >= 11 is 0. The van der Waals surface area contributed by atoms with Gasteiger partial charge in [0.05, 0.1) is 0 Å². The van der Waals surface area contributed by atoms with Gasteiger partial charge in [-0.25, -0.2) is 0 Å². The van der Waals surface area contributed by atoms with Crippen molar-refractivity contribution in [3.8, 4) is 55.6 Å². The average Bonchev–Trinajstić information content (AvgIpc) is 3.38. The van der Waals surface area contributed by atoms with E-state index in [9.17, 15) is 0 Å². The molecule has 0 atom stereocenters. The van der Waals surface area contributed by atoms with Crippen molar-refractivity contribution < 1.29 is 0 Å². The van der Waals surface area contributed by atoms with Crippen LogP contribution in [0.2, 0.25) is 0 Å². The number of rotatable bonds is 33. The zero-order chi connectivity index (χ0) is 46.6. The molecule has 0 spiro atoms. The van der Waals surface area contributed by atoms with Crippen molar-refractivity contribution in [1.29, 1.82) is 0 Å². The maximum absolute atomic E-state index is 2.48. The molecule has 0 unspecified atom stereocenters. The molecule has 6 rings (SSSR count). The molecule has 6 aromatic carbocycles. The molecule has 0 saturated carbocycles. The molecule has 0 radical (unpaired) electrons. The minimum atomic E-state index is 1.05. The van der Waals surface area contributed by atoms with Crippen molar-refractivity contribution >= 4 is 0 Å². The molecule has 0 bridgehead atoms. The van der Waals surface area contributed by atoms with E-state index < -0.39 is 0 Å². The normalized spacial score (nSPS) is 11.4. The standard InChI is InChI=1S/C67H88/c1-4-7-10-13-16-18-21-23-29-38-55-47-51-60(52-48-55)64-62(46-37-25-20-15-12-9-6-3)63(57-40-31-26-32-41-57)66(67(59-44-35-28-36-45-59)65(64)58-42-33-27-34-43-58)61-53-49-56(50-54-61)39-30-24-22-19-17-14-11-8-5-2/h26-28,31-36,40-45,47-54H,4-25,29-30,37-39,46H2,1-3H3. The fourth-order valence-electron chi connectivity index (χ4n) is 10.6. The topological polar surface area (TPSA) is 0 Å². The summed E-state index contributed by atoms with van der Waals surface area (Å²) in [6, 6.07) is 53.8. The van der Waals surface area contributed by atoms with Gasteiger partial charge in [0.25, 0.3) is 0 Å². The van der Waals surface area contributed by atoms with E-state index in [1.807, 2.05) is 0 Å². The fourth-order valence-corrected chi connectivity index (χ4v) is 10.6. The fraction of sp³-hybridized carbons (Fsp3) is 0.463. The summed E-state index contributed by atoms with van der Waals surface area (Å²) < 4.78 is 0. The van der Waals surface area contributed by atoms with Gasteiger partial charge in [-0.05, 0) is 111 Å². The van der Waals surface area contributed by atoms with Crippen LogP contribution in [0.5, 0.6) is 0 Å². The highest BCUT2D eigenvalue weighted by atomic mass is 14.3. The van der Waals surface area contributed by atoms with Crippen molar-refractivity contribution in [3.05, 3.63) is 156 Å². The van der Waals surface area contributed by atoms with Crippen LogP contribution in [0.25, 0.3) is 55.6 Å². The van der Waals surface area contributed by atoms with Gasteiger partial charge in [-0.1, -0.05) is 302 Å². The first-order valence-electron chi connectivity index (χ1n) is 27.8. The average molecular weight is 893 g/mol. The summed E-state index contributed by atoms with van der Waals surface area (Å²) in [5, 5.41) is 0. The van der Waals surface area contributed by atoms with Crippen LogP contribution in [0.3, 0.4) is 0 Å². The van der Waals surface area contributed by atoms with Crippen LogP contribution in [-0.4, -0.2) is 0 Å². The van der Waals surface area contributed by atoms with E-state index in [0.29, 0.717) is 0 Å². The Kier molecular flexibility index (Phi) is 23.7. The Morgan fingerprint density at radius 2 is 0.448 bits per heavy atom. The molecule has 0 aliphatic rings. The molecule has 0 heterocycles. The van der Waals surface area contributed by atoms with Gasteiger partial charge < -0.3 is 0 Å². The van der Waals surface area contributed by atoms with E-state index >= 15 is 0 Å². The second kappa shape index (κ2) is 30.6. The van der Waals surface area contributed by atoms with E-state index in [0.717, 1.165) is 19.3 Å². The lowest BCUT2D eigenvalue weighted by molar-refractivity contribution is 0.565. The lowest BCUT2D eigenvalue weighted by Gasteiger charge is -2.29. The smallest absolute Gasteiger partial charge is 0.00141 e. The number of unbranched alkanes of at least 4 members (excludes halogenated alkanes) is 22. The van der Waals surface area contributed by atoms with Crippen LogP contribution in [0.4, 0.5) is 0 Å². The quantitative estimate of drug-likeness (QED) is 0.0361. The first kappa shape index (κ1) is 51.7. The first-order chi connectivity index (χ1) is 33.2. The summed E-state index contributed by atoms with van der Waals surface area (Å²) in [6.07, 6.45) is 37.0. The van der Waals surface area contributed by atoms with Gasteiger partial charge in [-0.3, -0.25) is 0 Å². The summed E-state index contributed by atoms with van der Waals surface area (Å²) in [6.45, 7) is 6.94. The van der Waals surface area contributed by atoms with Crippen LogP contribution >= 0.6 is 0 Å². The van der Waals surface area contributed by atoms with Crippen LogP contribution in [0.15, 0.2) is 140 Å². The zero-order valence-electron chi connectivity index (χ0n) is 42.6. The highest BCUT2D eigenvalue weighted by Crippen LogP contribution is 2.53. The summed E-state index contributed by atoms with van der Waals surface area (Å²) in [5.74, 6) is 0. The maximum atomic E-state index is 2.48. The molecule has 6 aromatic rings. The molecule has 0 saturated heterocycles. The Hall–Kier alpha value is -4.68. The van der Waals surface area contributed by atoms with Crippen LogP contribution < -0.4 is 0 Å². The second-order valence-corrected chi connectivity index (χ2v) is 19.9. The molecule has 0 heteroatoms. The van der Waals surface area contributed by atoms with Gasteiger partial charge in [0.15, 0.2) is 0 Å². The molecule has 0 aliphatic heterocycles. The van der Waals surface area contributed by atoms with Crippen LogP contribution in [-0.2, 0) is 19.3 Å². The van der Waals surface area contributed by atoms with Crippen LogP contribution in [0.1, 0.15) is 198 Å². The van der Waals surface area contributed by atoms with E-state index in [4.69, 9.17) is 0 Å². The highest BCUT2D eigenvalue weighted by Gasteiger charge is 2.28. The largest absolute Gasteiger partial charge is 0.0654 e. The molecule has 0 fully saturated rings. The molecule has 0 amide bonds. The Morgan fingerprint density at radius 3 is 0.776 bits per heavy atom. The van der Waals surface area contributed by atoms with Gasteiger partial charge in [0.1, 0.15) is 0 Å². The van der Waals surface area contributed by atoms with Crippen molar-refractivity contribution in [2.45, 2.75) is 201 Å². The molecule has 0 nitrogen and oxygen atoms in total. The maximum Gasteiger partial charge on any atom is -0.00141 e. The van der Waals surface area contributed by atoms with Crippen molar-refractivity contribution in [2.75, 3.05) is 0 Å². The monoisotopic (exact) mass is 893 g/mol. The summed E-state index contributed by atoms with van der Waals surface area (Å²) in [5.41, 5.74) is 17.9. The Morgan fingerprint density at radius 1 is 0.209 bits per heavy atom. The van der Waals surface area contributed by atoms with Gasteiger partial charge in [-0.15, -0.1) is 0 Å². The minimum absolute atomic E-state index is 1.05. The molecule has 0 aliphatic carbocycles. The van der Waals surface area contributed by atoms with Gasteiger partial charge in [0, 0.05) is 0 Å². The van der Waals surface area contributed by atoms with Crippen molar-refractivity contribution in [1.82, 2.24) is 0 Å². The predicted molar refractivity (Wildman–Crippen MR) is 297 cm³/mol. The summed E-state index contributed by atoms with van der Waals surface area (Å²) in [7, 11) is 0. The molecule has 0 aromatic heterocycles. The number of hydrogen-bond donors (Lipinski definition) is 0. The predicted octanol–water partition coefficient (Wildman–Crippen LogP) is 21.5. The Bertz CT molecular complexity index is 2190. The molecule has 0 N–H and O–H groups in total. The highest BCUT2D eigenvalue weighted by molar-refractivity contribution is 6.09. The first-order valence-corrected chi connectivity index (χ1v) is 27.8. The zero-order valence-corrected chi connectivity index (χ0v) is 42.6. The van der Waals surface area contributed by atoms with Gasteiger partial charge in [-0.2, -0.15) is 0 Å². The van der Waals surface area contributed by atoms with Crippen LogP contribution in [0, 0.1) is 0 Å². The third-order valence-electron chi connectivity index (χ3n) is 14.4. The molecular weight excluding hydrogens is 805 g/mol. The minimum Gasteiger partial charge on any atom is -0.0654 e. The van der Waals surface area contributed by atoms with Crippen molar-refractivity contribution in [2.24, 2.45) is 0 Å². The molecule has 356 valence electrons. The Labute approximate surface area is 410 Å². The molecule has 67 heavy (non-hydrogen) atoms. The lowest BCUT2D eigenvalue weighted by atomic mass is 9.74. The van der Waals surface area contributed by atoms with E-state index in [2.05, 4.69) is 160 Å². The van der Waals surface area contributed by atoms with E-state index in [1.54, 1.807) is 0 Å². The number of hydrogen-bond acceptors (Lipinski definition) is 0. The third-order valence-corrected chi connectivity index (χ3v) is 14.4. The van der Waals surface area contributed by atoms with Crippen molar-refractivity contribution in [3.63, 3.8) is 0 Å². The second-order valence-electron chi connectivity index (χ2n) is 19.9. The molecular formula is C67H88. The van der Waals surface area contributed by atoms with E-state index in [1.165, 1.54) is 233 Å². The lowest BCUT2D eigenvalue weighted by Crippen LogP contribution is -2.05.